The van der Waals surface area contributed by atoms with Crippen molar-refractivity contribution in [2.75, 3.05) is 0 Å². The van der Waals surface area contributed by atoms with E-state index in [1.54, 1.807) is 23.0 Å². The molecule has 3 rings (SSSR count). The lowest BCUT2D eigenvalue weighted by molar-refractivity contribution is 0.604. The van der Waals surface area contributed by atoms with Gasteiger partial charge in [0.05, 0.1) is 11.9 Å². The van der Waals surface area contributed by atoms with E-state index in [1.807, 2.05) is 6.07 Å². The summed E-state index contributed by atoms with van der Waals surface area (Å²) < 4.78 is 15.2. The number of aromatic nitrogens is 2. The van der Waals surface area contributed by atoms with Gasteiger partial charge in [0.15, 0.2) is 0 Å². The fourth-order valence-electron chi connectivity index (χ4n) is 1.89. The number of para-hydroxylation sites is 1. The molecule has 0 unspecified atom stereocenters. The second kappa shape index (κ2) is 3.17. The van der Waals surface area contributed by atoms with Gasteiger partial charge in [-0.1, -0.05) is 12.1 Å². The van der Waals surface area contributed by atoms with Crippen LogP contribution in [0, 0.1) is 5.82 Å². The Morgan fingerprint density at radius 1 is 1.27 bits per heavy atom. The van der Waals surface area contributed by atoms with E-state index in [9.17, 15) is 4.39 Å². The lowest BCUT2D eigenvalue weighted by atomic mass is 10.2. The van der Waals surface area contributed by atoms with Crippen molar-refractivity contribution >= 4 is 0 Å². The van der Waals surface area contributed by atoms with Gasteiger partial charge in [-0.05, 0) is 12.1 Å². The molecule has 15 heavy (non-hydrogen) atoms. The van der Waals surface area contributed by atoms with E-state index < -0.39 is 0 Å². The number of fused-ring (bicyclic) bond motifs is 1. The number of hydrogen-bond acceptors (Lipinski definition) is 2. The maximum Gasteiger partial charge on any atom is 0.148 e. The lowest BCUT2D eigenvalue weighted by Gasteiger charge is -2.05. The molecule has 0 amide bonds. The van der Waals surface area contributed by atoms with Crippen LogP contribution < -0.4 is 5.32 Å². The Bertz CT molecular complexity index is 504. The zero-order chi connectivity index (χ0) is 10.3. The minimum Gasteiger partial charge on any atom is -0.307 e. The van der Waals surface area contributed by atoms with E-state index in [0.717, 1.165) is 24.3 Å². The molecule has 3 nitrogen and oxygen atoms in total. The van der Waals surface area contributed by atoms with Crippen molar-refractivity contribution in [2.24, 2.45) is 0 Å². The van der Waals surface area contributed by atoms with E-state index in [2.05, 4.69) is 10.4 Å². The molecular weight excluding hydrogens is 193 g/mol. The fourth-order valence-corrected chi connectivity index (χ4v) is 1.89. The van der Waals surface area contributed by atoms with Gasteiger partial charge in [0.1, 0.15) is 11.5 Å². The molecule has 1 aliphatic heterocycles. The first-order chi connectivity index (χ1) is 7.36. The molecule has 0 spiro atoms. The Kier molecular flexibility index (Phi) is 1.82. The van der Waals surface area contributed by atoms with Crippen LogP contribution in [0.25, 0.3) is 5.69 Å². The van der Waals surface area contributed by atoms with Crippen molar-refractivity contribution in [1.82, 2.24) is 15.1 Å². The minimum absolute atomic E-state index is 0.240. The number of hydrogen-bond donors (Lipinski definition) is 1. The van der Waals surface area contributed by atoms with Gasteiger partial charge in [0.2, 0.25) is 0 Å². The first-order valence-corrected chi connectivity index (χ1v) is 4.87. The average Bonchev–Trinajstić information content (AvgIpc) is 2.80. The van der Waals surface area contributed by atoms with Crippen molar-refractivity contribution in [3.63, 3.8) is 0 Å². The zero-order valence-corrected chi connectivity index (χ0v) is 8.07. The molecule has 0 saturated carbocycles. The van der Waals surface area contributed by atoms with Crippen LogP contribution in [0.4, 0.5) is 4.39 Å². The second-order valence-electron chi connectivity index (χ2n) is 3.58. The number of nitrogens with one attached hydrogen (secondary N) is 1. The topological polar surface area (TPSA) is 29.9 Å². The van der Waals surface area contributed by atoms with Crippen LogP contribution in [0.1, 0.15) is 11.3 Å². The van der Waals surface area contributed by atoms with Gasteiger partial charge < -0.3 is 5.32 Å². The van der Waals surface area contributed by atoms with E-state index in [1.165, 1.54) is 6.07 Å². The summed E-state index contributed by atoms with van der Waals surface area (Å²) in [4.78, 5) is 0. The van der Waals surface area contributed by atoms with Crippen LogP contribution in [0.3, 0.4) is 0 Å². The van der Waals surface area contributed by atoms with Gasteiger partial charge in [0, 0.05) is 18.7 Å². The van der Waals surface area contributed by atoms with Crippen LogP contribution in [-0.2, 0) is 13.1 Å². The minimum atomic E-state index is -0.240. The Morgan fingerprint density at radius 3 is 3.00 bits per heavy atom. The molecule has 2 heterocycles. The number of rotatable bonds is 1. The quantitative estimate of drug-likeness (QED) is 0.763. The van der Waals surface area contributed by atoms with Crippen molar-refractivity contribution in [2.45, 2.75) is 13.1 Å². The molecule has 0 saturated heterocycles. The molecular formula is C11H10FN3. The first kappa shape index (κ1) is 8.61. The third kappa shape index (κ3) is 1.26. The second-order valence-corrected chi connectivity index (χ2v) is 3.58. The zero-order valence-electron chi connectivity index (χ0n) is 8.07. The highest BCUT2D eigenvalue weighted by atomic mass is 19.1. The molecule has 2 aromatic rings. The Balaban J connectivity index is 2.17. The number of benzene rings is 1. The predicted octanol–water partition coefficient (Wildman–Crippen LogP) is 1.61. The van der Waals surface area contributed by atoms with Gasteiger partial charge in [-0.15, -0.1) is 0 Å². The SMILES string of the molecule is Fc1ccccc1-n1ncc2c1CNC2. The van der Waals surface area contributed by atoms with Crippen LogP contribution >= 0.6 is 0 Å². The summed E-state index contributed by atoms with van der Waals surface area (Å²) in [5.41, 5.74) is 2.72. The summed E-state index contributed by atoms with van der Waals surface area (Å²) in [6.45, 7) is 1.58. The van der Waals surface area contributed by atoms with Gasteiger partial charge in [-0.25, -0.2) is 9.07 Å². The monoisotopic (exact) mass is 203 g/mol. The summed E-state index contributed by atoms with van der Waals surface area (Å²) in [5.74, 6) is -0.240. The number of halogens is 1. The first-order valence-electron chi connectivity index (χ1n) is 4.87. The highest BCUT2D eigenvalue weighted by Crippen LogP contribution is 2.20. The van der Waals surface area contributed by atoms with Crippen molar-refractivity contribution in [3.05, 3.63) is 47.5 Å². The Hall–Kier alpha value is -1.68. The van der Waals surface area contributed by atoms with Gasteiger partial charge >= 0.3 is 0 Å². The normalized spacial score (nSPS) is 14.2. The van der Waals surface area contributed by atoms with Crippen molar-refractivity contribution < 1.29 is 4.39 Å². The maximum absolute atomic E-state index is 13.5. The summed E-state index contributed by atoms with van der Waals surface area (Å²) in [6.07, 6.45) is 1.79. The van der Waals surface area contributed by atoms with E-state index in [0.29, 0.717) is 5.69 Å². The number of nitrogens with zero attached hydrogens (tertiary/aromatic N) is 2. The largest absolute Gasteiger partial charge is 0.307 e. The molecule has 1 N–H and O–H groups in total. The standard InChI is InChI=1S/C11H10FN3/c12-9-3-1-2-4-10(9)15-11-7-13-5-8(11)6-14-15/h1-4,6,13H,5,7H2. The van der Waals surface area contributed by atoms with Crippen molar-refractivity contribution in [1.29, 1.82) is 0 Å². The lowest BCUT2D eigenvalue weighted by Crippen LogP contribution is -2.08. The third-order valence-corrected chi connectivity index (χ3v) is 2.64. The van der Waals surface area contributed by atoms with Crippen LogP contribution in [-0.4, -0.2) is 9.78 Å². The molecule has 0 atom stereocenters. The molecule has 0 radical (unpaired) electrons. The highest BCUT2D eigenvalue weighted by Gasteiger charge is 2.18. The van der Waals surface area contributed by atoms with Gasteiger partial charge in [0.25, 0.3) is 0 Å². The molecule has 0 aliphatic carbocycles. The molecule has 4 heteroatoms. The van der Waals surface area contributed by atoms with Crippen LogP contribution in [0.5, 0.6) is 0 Å². The molecule has 1 aromatic carbocycles. The fraction of sp³-hybridized carbons (Fsp3) is 0.182. The molecule has 1 aliphatic rings. The average molecular weight is 203 g/mol. The van der Waals surface area contributed by atoms with E-state index >= 15 is 0 Å². The molecule has 1 aromatic heterocycles. The van der Waals surface area contributed by atoms with Gasteiger partial charge in [-0.2, -0.15) is 5.10 Å². The highest BCUT2D eigenvalue weighted by molar-refractivity contribution is 5.37. The maximum atomic E-state index is 13.5. The summed E-state index contributed by atoms with van der Waals surface area (Å²) in [7, 11) is 0. The predicted molar refractivity (Wildman–Crippen MR) is 54.1 cm³/mol. The van der Waals surface area contributed by atoms with Gasteiger partial charge in [-0.3, -0.25) is 0 Å². The van der Waals surface area contributed by atoms with E-state index in [-0.39, 0.29) is 5.82 Å². The summed E-state index contributed by atoms with van der Waals surface area (Å²) in [5, 5.41) is 7.42. The van der Waals surface area contributed by atoms with Crippen LogP contribution in [0.2, 0.25) is 0 Å². The van der Waals surface area contributed by atoms with Crippen LogP contribution in [0.15, 0.2) is 30.5 Å². The molecule has 0 fully saturated rings. The van der Waals surface area contributed by atoms with E-state index in [4.69, 9.17) is 0 Å². The Labute approximate surface area is 86.5 Å². The smallest absolute Gasteiger partial charge is 0.148 e. The third-order valence-electron chi connectivity index (χ3n) is 2.64. The summed E-state index contributed by atoms with van der Waals surface area (Å²) in [6, 6.07) is 6.68. The Morgan fingerprint density at radius 2 is 2.13 bits per heavy atom. The molecule has 76 valence electrons. The van der Waals surface area contributed by atoms with Crippen molar-refractivity contribution in [3.8, 4) is 5.69 Å². The summed E-state index contributed by atoms with van der Waals surface area (Å²) >= 11 is 0. The molecule has 0 bridgehead atoms.